The Hall–Kier alpha value is -0.600. The number of allylic oxidation sites excluding steroid dienone is 2. The van der Waals surface area contributed by atoms with Crippen molar-refractivity contribution < 1.29 is 0 Å². The minimum atomic E-state index is 0.286. The molecule has 2 nitrogen and oxygen atoms in total. The standard InChI is InChI=1S/C44H78N2/c1-33(25-37-27-41(3,4)45(42(5,6)28-37)31-35-17-13-11-14-18-35)39-21-23-40(24-22-39)34(2)26-38-29-43(7,8)46(44(9,10)30-38)32-36-19-15-12-16-20-36/h35-40H,1-2,11-32H2,3-10H3. The highest BCUT2D eigenvalue weighted by atomic mass is 15.3. The van der Waals surface area contributed by atoms with Gasteiger partial charge < -0.3 is 0 Å². The molecule has 2 heteroatoms. The largest absolute Gasteiger partial charge is 0.293 e. The Morgan fingerprint density at radius 3 is 1.00 bits per heavy atom. The van der Waals surface area contributed by atoms with E-state index in [0.717, 1.165) is 35.5 Å². The molecule has 0 atom stereocenters. The Labute approximate surface area is 288 Å². The smallest absolute Gasteiger partial charge is 0.0161 e. The molecule has 46 heavy (non-hydrogen) atoms. The van der Waals surface area contributed by atoms with Crippen LogP contribution in [0.1, 0.15) is 184 Å². The van der Waals surface area contributed by atoms with Gasteiger partial charge in [0.1, 0.15) is 0 Å². The van der Waals surface area contributed by atoms with E-state index < -0.39 is 0 Å². The van der Waals surface area contributed by atoms with Crippen LogP contribution in [0.5, 0.6) is 0 Å². The van der Waals surface area contributed by atoms with Crippen molar-refractivity contribution in [1.82, 2.24) is 9.80 Å². The molecule has 5 aliphatic rings. The molecule has 5 rings (SSSR count). The summed E-state index contributed by atoms with van der Waals surface area (Å²) in [4.78, 5) is 5.85. The topological polar surface area (TPSA) is 6.48 Å². The number of hydrogen-bond donors (Lipinski definition) is 0. The molecule has 2 aliphatic heterocycles. The van der Waals surface area contributed by atoms with Crippen molar-refractivity contribution in [3.63, 3.8) is 0 Å². The van der Waals surface area contributed by atoms with Gasteiger partial charge in [0.15, 0.2) is 0 Å². The lowest BCUT2D eigenvalue weighted by Crippen LogP contribution is -2.61. The predicted octanol–water partition coefficient (Wildman–Crippen LogP) is 12.4. The molecule has 5 fully saturated rings. The summed E-state index contributed by atoms with van der Waals surface area (Å²) in [5.74, 6) is 4.86. The second kappa shape index (κ2) is 14.7. The first-order valence-corrected chi connectivity index (χ1v) is 20.5. The molecular weight excluding hydrogens is 556 g/mol. The Morgan fingerprint density at radius 1 is 0.435 bits per heavy atom. The summed E-state index contributed by atoms with van der Waals surface area (Å²) in [5, 5.41) is 0. The number of hydrogen-bond acceptors (Lipinski definition) is 2. The van der Waals surface area contributed by atoms with Gasteiger partial charge in [-0.2, -0.15) is 0 Å². The van der Waals surface area contributed by atoms with Crippen LogP contribution in [0.2, 0.25) is 0 Å². The predicted molar refractivity (Wildman–Crippen MR) is 201 cm³/mol. The third-order valence-corrected chi connectivity index (χ3v) is 14.4. The summed E-state index contributed by atoms with van der Waals surface area (Å²) in [5.41, 5.74) is 4.30. The highest BCUT2D eigenvalue weighted by Crippen LogP contribution is 2.49. The fourth-order valence-corrected chi connectivity index (χ4v) is 12.6. The van der Waals surface area contributed by atoms with E-state index in [1.807, 2.05) is 0 Å². The highest BCUT2D eigenvalue weighted by molar-refractivity contribution is 5.12. The maximum atomic E-state index is 4.78. The maximum Gasteiger partial charge on any atom is 0.0161 e. The normalized spacial score (nSPS) is 31.9. The van der Waals surface area contributed by atoms with E-state index in [1.165, 1.54) is 142 Å². The zero-order valence-corrected chi connectivity index (χ0v) is 32.3. The van der Waals surface area contributed by atoms with Gasteiger partial charge in [-0.05, 0) is 181 Å². The van der Waals surface area contributed by atoms with E-state index in [-0.39, 0.29) is 22.2 Å². The van der Waals surface area contributed by atoms with Crippen molar-refractivity contribution in [2.45, 2.75) is 206 Å². The van der Waals surface area contributed by atoms with Crippen LogP contribution in [0, 0.1) is 35.5 Å². The van der Waals surface area contributed by atoms with Crippen molar-refractivity contribution >= 4 is 0 Å². The van der Waals surface area contributed by atoms with Crippen molar-refractivity contribution in [2.24, 2.45) is 35.5 Å². The van der Waals surface area contributed by atoms with E-state index in [2.05, 4.69) is 65.2 Å². The summed E-state index contributed by atoms with van der Waals surface area (Å²) in [7, 11) is 0. The Kier molecular flexibility index (Phi) is 11.7. The van der Waals surface area contributed by atoms with Crippen LogP contribution in [-0.2, 0) is 0 Å². The summed E-state index contributed by atoms with van der Waals surface area (Å²) < 4.78 is 0. The summed E-state index contributed by atoms with van der Waals surface area (Å²) in [6.07, 6.45) is 27.7. The van der Waals surface area contributed by atoms with E-state index in [0.29, 0.717) is 0 Å². The molecule has 0 radical (unpaired) electrons. The van der Waals surface area contributed by atoms with Crippen LogP contribution < -0.4 is 0 Å². The Bertz CT molecular complexity index is 893. The highest BCUT2D eigenvalue weighted by Gasteiger charge is 2.47. The summed E-state index contributed by atoms with van der Waals surface area (Å²) >= 11 is 0. The molecule has 0 bridgehead atoms. The first kappa shape index (κ1) is 36.7. The molecule has 3 aliphatic carbocycles. The molecular formula is C44H78N2. The molecule has 2 heterocycles. The van der Waals surface area contributed by atoms with Crippen LogP contribution in [0.15, 0.2) is 24.3 Å². The number of likely N-dealkylation sites (tertiary alicyclic amines) is 2. The average Bonchev–Trinajstić information content (AvgIpc) is 2.97. The van der Waals surface area contributed by atoms with Gasteiger partial charge >= 0.3 is 0 Å². The quantitative estimate of drug-likeness (QED) is 0.221. The minimum Gasteiger partial charge on any atom is -0.293 e. The third kappa shape index (κ3) is 8.94. The molecule has 2 saturated heterocycles. The number of nitrogens with zero attached hydrogens (tertiary/aromatic N) is 2. The first-order chi connectivity index (χ1) is 21.6. The van der Waals surface area contributed by atoms with Crippen molar-refractivity contribution in [3.05, 3.63) is 24.3 Å². The first-order valence-electron chi connectivity index (χ1n) is 20.5. The molecule has 264 valence electrons. The lowest BCUT2D eigenvalue weighted by atomic mass is 9.67. The van der Waals surface area contributed by atoms with Gasteiger partial charge in [-0.15, -0.1) is 0 Å². The Balaban J connectivity index is 1.08. The molecule has 0 unspecified atom stereocenters. The lowest BCUT2D eigenvalue weighted by molar-refractivity contribution is -0.0642. The second-order valence-corrected chi connectivity index (χ2v) is 20.3. The zero-order chi connectivity index (χ0) is 33.3. The molecule has 3 saturated carbocycles. The van der Waals surface area contributed by atoms with E-state index in [4.69, 9.17) is 13.2 Å². The number of piperidine rings is 2. The van der Waals surface area contributed by atoms with Gasteiger partial charge in [0.05, 0.1) is 0 Å². The van der Waals surface area contributed by atoms with Crippen LogP contribution in [0.25, 0.3) is 0 Å². The molecule has 0 spiro atoms. The summed E-state index contributed by atoms with van der Waals surface area (Å²) in [6, 6.07) is 0. The van der Waals surface area contributed by atoms with Gasteiger partial charge in [0, 0.05) is 35.2 Å². The number of rotatable bonds is 10. The second-order valence-electron chi connectivity index (χ2n) is 20.3. The third-order valence-electron chi connectivity index (χ3n) is 14.4. The molecule has 0 amide bonds. The maximum absolute atomic E-state index is 4.78. The van der Waals surface area contributed by atoms with Crippen molar-refractivity contribution in [2.75, 3.05) is 13.1 Å². The van der Waals surface area contributed by atoms with Gasteiger partial charge in [-0.3, -0.25) is 9.80 Å². The zero-order valence-electron chi connectivity index (χ0n) is 32.3. The van der Waals surface area contributed by atoms with Crippen LogP contribution in [0.4, 0.5) is 0 Å². The van der Waals surface area contributed by atoms with E-state index in [1.54, 1.807) is 11.1 Å². The van der Waals surface area contributed by atoms with Gasteiger partial charge in [0.25, 0.3) is 0 Å². The Morgan fingerprint density at radius 2 is 0.717 bits per heavy atom. The minimum absolute atomic E-state index is 0.286. The van der Waals surface area contributed by atoms with Gasteiger partial charge in [0.2, 0.25) is 0 Å². The van der Waals surface area contributed by atoms with Gasteiger partial charge in [-0.1, -0.05) is 62.8 Å². The lowest BCUT2D eigenvalue weighted by Gasteiger charge is -2.57. The molecule has 0 aromatic heterocycles. The van der Waals surface area contributed by atoms with Crippen LogP contribution in [-0.4, -0.2) is 45.0 Å². The fourth-order valence-electron chi connectivity index (χ4n) is 12.6. The van der Waals surface area contributed by atoms with Crippen molar-refractivity contribution in [3.8, 4) is 0 Å². The van der Waals surface area contributed by atoms with Crippen molar-refractivity contribution in [1.29, 1.82) is 0 Å². The van der Waals surface area contributed by atoms with Crippen LogP contribution >= 0.6 is 0 Å². The van der Waals surface area contributed by atoms with Crippen LogP contribution in [0.3, 0.4) is 0 Å². The SMILES string of the molecule is C=C(CC1CC(C)(C)N(CC2CCCCC2)C(C)(C)C1)C1CCC(C(=C)CC2CC(C)(C)N(CC3CCCCC3)C(C)(C)C2)CC1. The fraction of sp³-hybridized carbons (Fsp3) is 0.909. The molecule has 0 aromatic rings. The van der Waals surface area contributed by atoms with E-state index in [9.17, 15) is 0 Å². The molecule has 0 N–H and O–H groups in total. The van der Waals surface area contributed by atoms with Gasteiger partial charge in [-0.25, -0.2) is 0 Å². The van der Waals surface area contributed by atoms with E-state index >= 15 is 0 Å². The average molecular weight is 635 g/mol. The summed E-state index contributed by atoms with van der Waals surface area (Å²) in [6.45, 7) is 32.6. The molecule has 0 aromatic carbocycles. The monoisotopic (exact) mass is 635 g/mol.